The summed E-state index contributed by atoms with van der Waals surface area (Å²) in [4.78, 5) is 28.0. The molecule has 8 nitrogen and oxygen atoms in total. The van der Waals surface area contributed by atoms with E-state index >= 15 is 0 Å². The highest BCUT2D eigenvalue weighted by Crippen LogP contribution is 2.19. The fourth-order valence-corrected chi connectivity index (χ4v) is 4.31. The van der Waals surface area contributed by atoms with Crippen LogP contribution in [0.5, 0.6) is 0 Å². The molecule has 2 saturated heterocycles. The van der Waals surface area contributed by atoms with E-state index < -0.39 is 0 Å². The fourth-order valence-electron chi connectivity index (χ4n) is 4.31. The molecule has 0 radical (unpaired) electrons. The maximum atomic E-state index is 12.6. The number of hydrogen-bond acceptors (Lipinski definition) is 5. The van der Waals surface area contributed by atoms with Crippen molar-refractivity contribution in [3.05, 3.63) is 54.7 Å². The second-order valence-electron chi connectivity index (χ2n) is 8.22. The Labute approximate surface area is 213 Å². The molecular weight excluding hydrogens is 529 g/mol. The number of aliphatic imine (C=N–C) groups is 1. The number of piperazine rings is 1. The number of guanidine groups is 1. The minimum Gasteiger partial charge on any atom is -0.369 e. The molecule has 2 N–H and O–H groups in total. The molecule has 3 heterocycles. The molecule has 1 amide bonds. The molecule has 1 aromatic heterocycles. The van der Waals surface area contributed by atoms with Gasteiger partial charge in [-0.15, -0.1) is 24.0 Å². The molecule has 0 saturated carbocycles. The second-order valence-corrected chi connectivity index (χ2v) is 8.22. The third-order valence-corrected chi connectivity index (χ3v) is 6.11. The van der Waals surface area contributed by atoms with E-state index in [1.165, 1.54) is 5.69 Å². The lowest BCUT2D eigenvalue weighted by Crippen LogP contribution is -2.50. The van der Waals surface area contributed by atoms with Crippen LogP contribution in [0.4, 0.5) is 11.5 Å². The van der Waals surface area contributed by atoms with Crippen LogP contribution in [-0.4, -0.2) is 80.7 Å². The zero-order chi connectivity index (χ0) is 22.2. The highest BCUT2D eigenvalue weighted by atomic mass is 127. The molecule has 1 aromatic carbocycles. The molecule has 178 valence electrons. The van der Waals surface area contributed by atoms with Gasteiger partial charge in [0.1, 0.15) is 5.82 Å². The number of benzene rings is 1. The summed E-state index contributed by atoms with van der Waals surface area (Å²) in [5, 5.41) is 6.81. The molecule has 0 bridgehead atoms. The van der Waals surface area contributed by atoms with Crippen LogP contribution in [0.1, 0.15) is 12.8 Å². The van der Waals surface area contributed by atoms with Crippen molar-refractivity contribution < 1.29 is 4.79 Å². The van der Waals surface area contributed by atoms with Crippen LogP contribution in [0, 0.1) is 0 Å². The van der Waals surface area contributed by atoms with Gasteiger partial charge >= 0.3 is 0 Å². The third kappa shape index (κ3) is 6.96. The minimum atomic E-state index is 0. The zero-order valence-corrected chi connectivity index (χ0v) is 21.5. The first-order chi connectivity index (χ1) is 15.7. The largest absolute Gasteiger partial charge is 0.369 e. The fraction of sp³-hybridized carbons (Fsp3) is 0.458. The van der Waals surface area contributed by atoms with E-state index in [1.807, 2.05) is 35.4 Å². The van der Waals surface area contributed by atoms with Gasteiger partial charge in [-0.1, -0.05) is 24.3 Å². The number of pyridine rings is 1. The van der Waals surface area contributed by atoms with Crippen LogP contribution in [0.15, 0.2) is 59.7 Å². The molecule has 33 heavy (non-hydrogen) atoms. The van der Waals surface area contributed by atoms with Crippen LogP contribution < -0.4 is 20.4 Å². The summed E-state index contributed by atoms with van der Waals surface area (Å²) >= 11 is 0. The third-order valence-electron chi connectivity index (χ3n) is 6.11. The van der Waals surface area contributed by atoms with Gasteiger partial charge in [-0.3, -0.25) is 9.79 Å². The van der Waals surface area contributed by atoms with Crippen molar-refractivity contribution in [1.29, 1.82) is 0 Å². The number of para-hydroxylation sites is 1. The van der Waals surface area contributed by atoms with Crippen molar-refractivity contribution >= 4 is 47.3 Å². The molecule has 9 heteroatoms. The van der Waals surface area contributed by atoms with Gasteiger partial charge in [0.15, 0.2) is 5.96 Å². The van der Waals surface area contributed by atoms with Crippen molar-refractivity contribution in [1.82, 2.24) is 20.5 Å². The van der Waals surface area contributed by atoms with Gasteiger partial charge < -0.3 is 25.3 Å². The van der Waals surface area contributed by atoms with Crippen LogP contribution in [0.25, 0.3) is 0 Å². The lowest BCUT2D eigenvalue weighted by molar-refractivity contribution is -0.131. The lowest BCUT2D eigenvalue weighted by Gasteiger charge is -2.35. The first-order valence-electron chi connectivity index (χ1n) is 11.4. The predicted octanol–water partition coefficient (Wildman–Crippen LogP) is 2.18. The summed E-state index contributed by atoms with van der Waals surface area (Å²) in [6, 6.07) is 16.8. The number of nitrogens with one attached hydrogen (secondary N) is 2. The van der Waals surface area contributed by atoms with Gasteiger partial charge in [0, 0.05) is 77.2 Å². The first kappa shape index (κ1) is 25.1. The monoisotopic (exact) mass is 563 g/mol. The number of aromatic nitrogens is 1. The number of anilines is 2. The maximum absolute atomic E-state index is 12.6. The summed E-state index contributed by atoms with van der Waals surface area (Å²) in [6.07, 6.45) is 3.34. The normalized spacial score (nSPS) is 18.6. The number of rotatable bonds is 6. The van der Waals surface area contributed by atoms with E-state index in [0.29, 0.717) is 19.0 Å². The maximum Gasteiger partial charge on any atom is 0.224 e. The molecular formula is C24H34IN7O. The number of nitrogens with zero attached hydrogens (tertiary/aromatic N) is 5. The molecule has 2 fully saturated rings. The summed E-state index contributed by atoms with van der Waals surface area (Å²) in [5.74, 6) is 1.93. The molecule has 1 atom stereocenters. The van der Waals surface area contributed by atoms with E-state index in [-0.39, 0.29) is 29.9 Å². The zero-order valence-electron chi connectivity index (χ0n) is 19.2. The Morgan fingerprint density at radius 2 is 1.79 bits per heavy atom. The summed E-state index contributed by atoms with van der Waals surface area (Å²) in [7, 11) is 1.78. The lowest BCUT2D eigenvalue weighted by atomic mass is 10.2. The topological polar surface area (TPSA) is 76.1 Å². The number of hydrogen-bond donors (Lipinski definition) is 2. The Hall–Kier alpha value is -2.56. The Balaban J connectivity index is 0.00000306. The van der Waals surface area contributed by atoms with Crippen LogP contribution in [0.2, 0.25) is 0 Å². The van der Waals surface area contributed by atoms with Crippen LogP contribution in [-0.2, 0) is 4.79 Å². The van der Waals surface area contributed by atoms with Crippen molar-refractivity contribution in [2.24, 2.45) is 4.99 Å². The molecule has 0 spiro atoms. The molecule has 2 aliphatic heterocycles. The van der Waals surface area contributed by atoms with Gasteiger partial charge in [0.25, 0.3) is 0 Å². The van der Waals surface area contributed by atoms with Gasteiger partial charge in [0.05, 0.1) is 0 Å². The van der Waals surface area contributed by atoms with Gasteiger partial charge in [-0.25, -0.2) is 4.98 Å². The van der Waals surface area contributed by atoms with E-state index in [0.717, 1.165) is 57.5 Å². The van der Waals surface area contributed by atoms with Crippen molar-refractivity contribution in [3.63, 3.8) is 0 Å². The van der Waals surface area contributed by atoms with Crippen LogP contribution >= 0.6 is 24.0 Å². The summed E-state index contributed by atoms with van der Waals surface area (Å²) < 4.78 is 0. The molecule has 4 rings (SSSR count). The average Bonchev–Trinajstić information content (AvgIpc) is 3.33. The van der Waals surface area contributed by atoms with E-state index in [1.54, 1.807) is 7.05 Å². The average molecular weight is 563 g/mol. The molecule has 1 unspecified atom stereocenters. The molecule has 2 aliphatic rings. The Morgan fingerprint density at radius 1 is 1.03 bits per heavy atom. The number of halogens is 1. The number of carbonyl (C=O) groups excluding carboxylic acids is 1. The summed E-state index contributed by atoms with van der Waals surface area (Å²) in [6.45, 7) is 5.66. The van der Waals surface area contributed by atoms with E-state index in [9.17, 15) is 4.79 Å². The quantitative estimate of drug-likeness (QED) is 0.319. The molecule has 0 aliphatic carbocycles. The predicted molar refractivity (Wildman–Crippen MR) is 145 cm³/mol. The Morgan fingerprint density at radius 3 is 2.48 bits per heavy atom. The van der Waals surface area contributed by atoms with E-state index in [2.05, 4.69) is 54.7 Å². The standard InChI is InChI=1S/C24H33N7O.HI/c1-25-24(28-20-11-14-31(19-20)21-7-3-2-4-8-21)27-13-10-23(32)30-17-15-29(16-18-30)22-9-5-6-12-26-22;/h2-9,12,20H,10-11,13-19H2,1H3,(H2,25,27,28);1H. The number of amides is 1. The highest BCUT2D eigenvalue weighted by Gasteiger charge is 2.24. The number of carbonyl (C=O) groups is 1. The Kier molecular flexibility index (Phi) is 9.59. The van der Waals surface area contributed by atoms with Crippen LogP contribution in [0.3, 0.4) is 0 Å². The molecule has 2 aromatic rings. The van der Waals surface area contributed by atoms with Crippen molar-refractivity contribution in [3.8, 4) is 0 Å². The van der Waals surface area contributed by atoms with Gasteiger partial charge in [-0.2, -0.15) is 0 Å². The minimum absolute atomic E-state index is 0. The summed E-state index contributed by atoms with van der Waals surface area (Å²) in [5.41, 5.74) is 1.26. The van der Waals surface area contributed by atoms with Gasteiger partial charge in [-0.05, 0) is 30.7 Å². The van der Waals surface area contributed by atoms with Crippen molar-refractivity contribution in [2.45, 2.75) is 18.9 Å². The second kappa shape index (κ2) is 12.6. The smallest absolute Gasteiger partial charge is 0.224 e. The Bertz CT molecular complexity index is 888. The van der Waals surface area contributed by atoms with E-state index in [4.69, 9.17) is 0 Å². The SMILES string of the molecule is CN=C(NCCC(=O)N1CCN(c2ccccn2)CC1)NC1CCN(c2ccccc2)C1.I. The van der Waals surface area contributed by atoms with Crippen molar-refractivity contribution in [2.75, 3.05) is 62.7 Å². The first-order valence-corrected chi connectivity index (χ1v) is 11.4. The van der Waals surface area contributed by atoms with Gasteiger partial charge in [0.2, 0.25) is 5.91 Å². The highest BCUT2D eigenvalue weighted by molar-refractivity contribution is 14.0.